The lowest BCUT2D eigenvalue weighted by Crippen LogP contribution is -2.27. The first-order valence-electron chi connectivity index (χ1n) is 11.1. The van der Waals surface area contributed by atoms with Crippen molar-refractivity contribution in [2.75, 3.05) is 18.6 Å². The van der Waals surface area contributed by atoms with Crippen molar-refractivity contribution >= 4 is 34.5 Å². The maximum absolute atomic E-state index is 12.9. The first-order valence-corrected chi connectivity index (χ1v) is 12.0. The fourth-order valence-electron chi connectivity index (χ4n) is 3.78. The van der Waals surface area contributed by atoms with E-state index in [1.54, 1.807) is 11.9 Å². The van der Waals surface area contributed by atoms with Gasteiger partial charge in [-0.15, -0.1) is 0 Å². The van der Waals surface area contributed by atoms with E-state index >= 15 is 0 Å². The summed E-state index contributed by atoms with van der Waals surface area (Å²) in [6.45, 7) is 2.55. The molecule has 0 bridgehead atoms. The number of hydrogen-bond acceptors (Lipinski definition) is 5. The zero-order valence-corrected chi connectivity index (χ0v) is 19.9. The molecule has 0 aromatic heterocycles. The van der Waals surface area contributed by atoms with E-state index in [4.69, 9.17) is 4.74 Å². The summed E-state index contributed by atoms with van der Waals surface area (Å²) >= 11 is 1.04. The van der Waals surface area contributed by atoms with Gasteiger partial charge in [0.1, 0.15) is 5.75 Å². The molecule has 1 N–H and O–H groups in total. The summed E-state index contributed by atoms with van der Waals surface area (Å²) in [6, 6.07) is 23.4. The molecule has 0 radical (unpaired) electrons. The van der Waals surface area contributed by atoms with Crippen LogP contribution in [-0.2, 0) is 22.4 Å². The van der Waals surface area contributed by atoms with Gasteiger partial charge >= 0.3 is 0 Å². The second-order valence-corrected chi connectivity index (χ2v) is 9.22. The summed E-state index contributed by atoms with van der Waals surface area (Å²) < 4.78 is 5.46. The molecule has 6 nitrogen and oxygen atoms in total. The van der Waals surface area contributed by atoms with Gasteiger partial charge in [0.05, 0.1) is 18.3 Å². The fourth-order valence-corrected chi connectivity index (χ4v) is 4.64. The van der Waals surface area contributed by atoms with Crippen molar-refractivity contribution in [1.29, 1.82) is 0 Å². The minimum absolute atomic E-state index is 0.00135. The van der Waals surface area contributed by atoms with Gasteiger partial charge in [-0.05, 0) is 59.9 Å². The number of imide groups is 1. The normalized spacial score (nSPS) is 15.2. The summed E-state index contributed by atoms with van der Waals surface area (Å²) in [5.74, 6) is 0.563. The molecule has 4 rings (SSSR count). The number of nitrogens with zero attached hydrogens (tertiary/aromatic N) is 1. The third-order valence-corrected chi connectivity index (χ3v) is 6.65. The van der Waals surface area contributed by atoms with Crippen molar-refractivity contribution in [3.05, 3.63) is 83.9 Å². The Morgan fingerprint density at radius 1 is 0.971 bits per heavy atom. The molecular weight excluding hydrogens is 448 g/mol. The molecule has 0 aliphatic carbocycles. The Morgan fingerprint density at radius 2 is 1.68 bits per heavy atom. The molecule has 0 spiro atoms. The van der Waals surface area contributed by atoms with Crippen molar-refractivity contribution in [3.63, 3.8) is 0 Å². The first kappa shape index (κ1) is 23.6. The molecule has 1 aliphatic rings. The van der Waals surface area contributed by atoms with Crippen LogP contribution >= 0.6 is 11.8 Å². The average Bonchev–Trinajstić information content (AvgIpc) is 3.16. The third-order valence-electron chi connectivity index (χ3n) is 5.67. The van der Waals surface area contributed by atoms with Crippen molar-refractivity contribution in [1.82, 2.24) is 5.32 Å². The Kier molecular flexibility index (Phi) is 7.33. The molecule has 3 amide bonds. The van der Waals surface area contributed by atoms with Gasteiger partial charge in [0, 0.05) is 12.7 Å². The number of rotatable bonds is 8. The summed E-state index contributed by atoms with van der Waals surface area (Å²) in [4.78, 5) is 37.7. The number of hydrogen-bond donors (Lipinski definition) is 1. The van der Waals surface area contributed by atoms with E-state index in [1.165, 1.54) is 0 Å². The van der Waals surface area contributed by atoms with Gasteiger partial charge in [0.15, 0.2) is 0 Å². The molecule has 1 saturated heterocycles. The largest absolute Gasteiger partial charge is 0.494 e. The predicted octanol–water partition coefficient (Wildman–Crippen LogP) is 4.85. The monoisotopic (exact) mass is 474 g/mol. The van der Waals surface area contributed by atoms with E-state index in [2.05, 4.69) is 5.32 Å². The van der Waals surface area contributed by atoms with Gasteiger partial charge < -0.3 is 9.64 Å². The van der Waals surface area contributed by atoms with Crippen molar-refractivity contribution in [2.45, 2.75) is 25.0 Å². The number of anilines is 1. The zero-order valence-electron chi connectivity index (χ0n) is 19.1. The van der Waals surface area contributed by atoms with E-state index < -0.39 is 0 Å². The standard InChI is InChI=1S/C27H26N2O4S/c1-3-33-23-13-9-19(10-14-23)16-25(30)29(2)22-6-4-5-21(17-22)20-11-7-18(8-12-20)15-24-26(31)28-27(32)34-24/h4-14,17,24H,3,15-16H2,1-2H3,(H,28,31,32). The van der Waals surface area contributed by atoms with Crippen LogP contribution in [0.4, 0.5) is 10.5 Å². The van der Waals surface area contributed by atoms with Gasteiger partial charge in [-0.25, -0.2) is 0 Å². The molecule has 7 heteroatoms. The molecule has 1 aliphatic heterocycles. The maximum atomic E-state index is 12.9. The lowest BCUT2D eigenvalue weighted by molar-refractivity contribution is -0.119. The van der Waals surface area contributed by atoms with E-state index in [0.29, 0.717) is 19.4 Å². The van der Waals surface area contributed by atoms with E-state index in [1.807, 2.05) is 79.7 Å². The topological polar surface area (TPSA) is 75.7 Å². The molecule has 34 heavy (non-hydrogen) atoms. The number of likely N-dealkylation sites (N-methyl/N-ethyl adjacent to an activating group) is 1. The van der Waals surface area contributed by atoms with Crippen molar-refractivity contribution in [3.8, 4) is 16.9 Å². The highest BCUT2D eigenvalue weighted by Gasteiger charge is 2.31. The quantitative estimate of drug-likeness (QED) is 0.505. The number of benzene rings is 3. The summed E-state index contributed by atoms with van der Waals surface area (Å²) in [6.07, 6.45) is 0.808. The SMILES string of the molecule is CCOc1ccc(CC(=O)N(C)c2cccc(-c3ccc(CC4SC(=O)NC4=O)cc3)c2)cc1. The Labute approximate surface area is 203 Å². The predicted molar refractivity (Wildman–Crippen MR) is 135 cm³/mol. The van der Waals surface area contributed by atoms with Crippen LogP contribution in [0.15, 0.2) is 72.8 Å². The molecule has 1 unspecified atom stereocenters. The van der Waals surface area contributed by atoms with Gasteiger partial charge in [-0.2, -0.15) is 0 Å². The average molecular weight is 475 g/mol. The molecule has 1 atom stereocenters. The van der Waals surface area contributed by atoms with Crippen LogP contribution in [-0.4, -0.2) is 36.0 Å². The number of thioether (sulfide) groups is 1. The van der Waals surface area contributed by atoms with E-state index in [-0.39, 0.29) is 22.3 Å². The number of carbonyl (C=O) groups is 3. The lowest BCUT2D eigenvalue weighted by Gasteiger charge is -2.18. The Balaban J connectivity index is 1.42. The maximum Gasteiger partial charge on any atom is 0.286 e. The molecule has 0 saturated carbocycles. The van der Waals surface area contributed by atoms with Crippen LogP contribution < -0.4 is 15.0 Å². The van der Waals surface area contributed by atoms with Gasteiger partial charge in [-0.1, -0.05) is 60.3 Å². The van der Waals surface area contributed by atoms with E-state index in [9.17, 15) is 14.4 Å². The minimum atomic E-state index is -0.378. The highest BCUT2D eigenvalue weighted by atomic mass is 32.2. The van der Waals surface area contributed by atoms with Gasteiger partial charge in [-0.3, -0.25) is 19.7 Å². The Bertz CT molecular complexity index is 1190. The number of ether oxygens (including phenoxy) is 1. The van der Waals surface area contributed by atoms with Crippen LogP contribution in [0.3, 0.4) is 0 Å². The second kappa shape index (κ2) is 10.6. The zero-order chi connectivity index (χ0) is 24.1. The van der Waals surface area contributed by atoms with Crippen LogP contribution in [0, 0.1) is 0 Å². The molecule has 3 aromatic rings. The molecule has 174 valence electrons. The second-order valence-electron chi connectivity index (χ2n) is 8.04. The van der Waals surface area contributed by atoms with Crippen LogP contribution in [0.2, 0.25) is 0 Å². The van der Waals surface area contributed by atoms with Crippen LogP contribution in [0.1, 0.15) is 18.1 Å². The fraction of sp³-hybridized carbons (Fsp3) is 0.222. The lowest BCUT2D eigenvalue weighted by atomic mass is 10.0. The summed E-state index contributed by atoms with van der Waals surface area (Å²) in [7, 11) is 1.78. The molecular formula is C27H26N2O4S. The van der Waals surface area contributed by atoms with Crippen LogP contribution in [0.25, 0.3) is 11.1 Å². The third kappa shape index (κ3) is 5.66. The minimum Gasteiger partial charge on any atom is -0.494 e. The van der Waals surface area contributed by atoms with Crippen LogP contribution in [0.5, 0.6) is 5.75 Å². The number of amides is 3. The first-order chi connectivity index (χ1) is 16.4. The highest BCUT2D eigenvalue weighted by molar-refractivity contribution is 8.15. The van der Waals surface area contributed by atoms with Crippen molar-refractivity contribution < 1.29 is 19.1 Å². The van der Waals surface area contributed by atoms with Gasteiger partial charge in [0.25, 0.3) is 5.24 Å². The van der Waals surface area contributed by atoms with E-state index in [0.717, 1.165) is 45.5 Å². The number of nitrogens with one attached hydrogen (secondary N) is 1. The van der Waals surface area contributed by atoms with Crippen molar-refractivity contribution in [2.24, 2.45) is 0 Å². The molecule has 1 heterocycles. The number of carbonyl (C=O) groups excluding carboxylic acids is 3. The Hall–Kier alpha value is -3.58. The molecule has 3 aromatic carbocycles. The smallest absolute Gasteiger partial charge is 0.286 e. The summed E-state index contributed by atoms with van der Waals surface area (Å²) in [5, 5.41) is 1.65. The highest BCUT2D eigenvalue weighted by Crippen LogP contribution is 2.27. The Morgan fingerprint density at radius 3 is 2.32 bits per heavy atom. The van der Waals surface area contributed by atoms with Gasteiger partial charge in [0.2, 0.25) is 11.8 Å². The molecule has 1 fully saturated rings. The summed E-state index contributed by atoms with van der Waals surface area (Å²) in [5.41, 5.74) is 4.74.